The zero-order valence-corrected chi connectivity index (χ0v) is 11.5. The molecule has 2 aromatic rings. The lowest BCUT2D eigenvalue weighted by Gasteiger charge is -2.18. The van der Waals surface area contributed by atoms with Crippen molar-refractivity contribution in [3.05, 3.63) is 48.2 Å². The van der Waals surface area contributed by atoms with Crippen molar-refractivity contribution in [1.82, 2.24) is 10.3 Å². The Kier molecular flexibility index (Phi) is 3.65. The van der Waals surface area contributed by atoms with Crippen LogP contribution >= 0.6 is 0 Å². The molecule has 0 saturated heterocycles. The number of benzene rings is 1. The third kappa shape index (κ3) is 3.91. The van der Waals surface area contributed by atoms with E-state index in [-0.39, 0.29) is 11.4 Å². The van der Waals surface area contributed by atoms with Crippen molar-refractivity contribution in [3.8, 4) is 0 Å². The number of hydrogen-bond acceptors (Lipinski definition) is 2. The van der Waals surface area contributed by atoms with Crippen LogP contribution in [0.4, 0.5) is 0 Å². The van der Waals surface area contributed by atoms with E-state index >= 15 is 0 Å². The Morgan fingerprint density at radius 1 is 1.16 bits per heavy atom. The molecule has 0 unspecified atom stereocenters. The van der Waals surface area contributed by atoms with Gasteiger partial charge in [0.05, 0.1) is 11.2 Å². The molecule has 1 aromatic carbocycles. The molecule has 0 radical (unpaired) electrons. The molecule has 0 aliphatic rings. The van der Waals surface area contributed by atoms with Gasteiger partial charge in [-0.2, -0.15) is 0 Å². The largest absolute Gasteiger partial charge is 0.348 e. The SMILES string of the molecule is CC(C)(C)NC(=O)/C=C/c1ccc2ccccc2n1. The van der Waals surface area contributed by atoms with Crippen molar-refractivity contribution in [2.75, 3.05) is 0 Å². The molecule has 1 amide bonds. The molecule has 0 fully saturated rings. The molecule has 1 heterocycles. The fourth-order valence-electron chi connectivity index (χ4n) is 1.75. The summed E-state index contributed by atoms with van der Waals surface area (Å²) >= 11 is 0. The number of nitrogens with zero attached hydrogens (tertiary/aromatic N) is 1. The van der Waals surface area contributed by atoms with Gasteiger partial charge in [0.2, 0.25) is 5.91 Å². The standard InChI is InChI=1S/C16H18N2O/c1-16(2,3)18-15(19)11-10-13-9-8-12-6-4-5-7-14(12)17-13/h4-11H,1-3H3,(H,18,19)/b11-10+. The molecule has 19 heavy (non-hydrogen) atoms. The molecule has 3 nitrogen and oxygen atoms in total. The minimum atomic E-state index is -0.224. The van der Waals surface area contributed by atoms with Crippen LogP contribution in [0.3, 0.4) is 0 Å². The van der Waals surface area contributed by atoms with Crippen molar-refractivity contribution < 1.29 is 4.79 Å². The lowest BCUT2D eigenvalue weighted by atomic mass is 10.1. The summed E-state index contributed by atoms with van der Waals surface area (Å²) in [6, 6.07) is 11.8. The molecular weight excluding hydrogens is 236 g/mol. The lowest BCUT2D eigenvalue weighted by molar-refractivity contribution is -0.117. The summed E-state index contributed by atoms with van der Waals surface area (Å²) < 4.78 is 0. The third-order valence-electron chi connectivity index (χ3n) is 2.52. The zero-order chi connectivity index (χ0) is 13.9. The van der Waals surface area contributed by atoms with Gasteiger partial charge >= 0.3 is 0 Å². The Balaban J connectivity index is 2.15. The Morgan fingerprint density at radius 2 is 1.89 bits per heavy atom. The van der Waals surface area contributed by atoms with E-state index < -0.39 is 0 Å². The van der Waals surface area contributed by atoms with Crippen LogP contribution in [0.2, 0.25) is 0 Å². The maximum absolute atomic E-state index is 11.7. The lowest BCUT2D eigenvalue weighted by Crippen LogP contribution is -2.39. The van der Waals surface area contributed by atoms with Gasteiger partial charge in [-0.15, -0.1) is 0 Å². The fraction of sp³-hybridized carbons (Fsp3) is 0.250. The first-order valence-electron chi connectivity index (χ1n) is 6.30. The molecule has 0 spiro atoms. The molecule has 98 valence electrons. The number of carbonyl (C=O) groups excluding carboxylic acids is 1. The molecule has 1 aromatic heterocycles. The summed E-state index contributed by atoms with van der Waals surface area (Å²) in [5.41, 5.74) is 1.49. The highest BCUT2D eigenvalue weighted by Crippen LogP contribution is 2.12. The predicted molar refractivity (Wildman–Crippen MR) is 78.7 cm³/mol. The second-order valence-electron chi connectivity index (χ2n) is 5.50. The van der Waals surface area contributed by atoms with Gasteiger partial charge in [-0.1, -0.05) is 24.3 Å². The van der Waals surface area contributed by atoms with Gasteiger partial charge in [-0.25, -0.2) is 4.98 Å². The maximum Gasteiger partial charge on any atom is 0.244 e. The summed E-state index contributed by atoms with van der Waals surface area (Å²) in [4.78, 5) is 16.1. The highest BCUT2D eigenvalue weighted by atomic mass is 16.1. The van der Waals surface area contributed by atoms with E-state index in [4.69, 9.17) is 0 Å². The van der Waals surface area contributed by atoms with E-state index in [2.05, 4.69) is 10.3 Å². The molecule has 0 saturated carbocycles. The van der Waals surface area contributed by atoms with Crippen molar-refractivity contribution >= 4 is 22.9 Å². The number of hydrogen-bond donors (Lipinski definition) is 1. The minimum absolute atomic E-state index is 0.109. The van der Waals surface area contributed by atoms with Gasteiger partial charge in [-0.3, -0.25) is 4.79 Å². The molecule has 3 heteroatoms. The Hall–Kier alpha value is -2.16. The number of nitrogens with one attached hydrogen (secondary N) is 1. The number of carbonyl (C=O) groups is 1. The number of rotatable bonds is 2. The van der Waals surface area contributed by atoms with Crippen LogP contribution in [-0.2, 0) is 4.79 Å². The average molecular weight is 254 g/mol. The van der Waals surface area contributed by atoms with Gasteiger partial charge in [0, 0.05) is 17.0 Å². The summed E-state index contributed by atoms with van der Waals surface area (Å²) in [6.07, 6.45) is 3.25. The molecular formula is C16H18N2O. The minimum Gasteiger partial charge on any atom is -0.348 e. The highest BCUT2D eigenvalue weighted by molar-refractivity contribution is 5.92. The van der Waals surface area contributed by atoms with Crippen LogP contribution in [0.15, 0.2) is 42.5 Å². The molecule has 2 rings (SSSR count). The number of para-hydroxylation sites is 1. The fourth-order valence-corrected chi connectivity index (χ4v) is 1.75. The van der Waals surface area contributed by atoms with Gasteiger partial charge in [0.25, 0.3) is 0 Å². The van der Waals surface area contributed by atoms with Crippen LogP contribution in [0, 0.1) is 0 Å². The quantitative estimate of drug-likeness (QED) is 0.836. The molecule has 1 N–H and O–H groups in total. The molecule has 0 aliphatic heterocycles. The van der Waals surface area contributed by atoms with Crippen LogP contribution in [-0.4, -0.2) is 16.4 Å². The summed E-state index contributed by atoms with van der Waals surface area (Å²) in [5, 5.41) is 3.97. The van der Waals surface area contributed by atoms with E-state index in [9.17, 15) is 4.79 Å². The average Bonchev–Trinajstić information content (AvgIpc) is 2.34. The summed E-state index contributed by atoms with van der Waals surface area (Å²) in [7, 11) is 0. The van der Waals surface area contributed by atoms with Crippen molar-refractivity contribution in [2.45, 2.75) is 26.3 Å². The van der Waals surface area contributed by atoms with Crippen LogP contribution < -0.4 is 5.32 Å². The second kappa shape index (κ2) is 5.22. The number of amides is 1. The van der Waals surface area contributed by atoms with Crippen molar-refractivity contribution in [3.63, 3.8) is 0 Å². The van der Waals surface area contributed by atoms with E-state index in [0.29, 0.717) is 0 Å². The Bertz CT molecular complexity index is 624. The van der Waals surface area contributed by atoms with Crippen LogP contribution in [0.25, 0.3) is 17.0 Å². The molecule has 0 atom stereocenters. The van der Waals surface area contributed by atoms with E-state index in [0.717, 1.165) is 16.6 Å². The Labute approximate surface area is 113 Å². The topological polar surface area (TPSA) is 42.0 Å². The predicted octanol–water partition coefficient (Wildman–Crippen LogP) is 3.16. The number of pyridine rings is 1. The van der Waals surface area contributed by atoms with Crippen LogP contribution in [0.5, 0.6) is 0 Å². The van der Waals surface area contributed by atoms with E-state index in [1.54, 1.807) is 6.08 Å². The molecule has 0 bridgehead atoms. The normalized spacial score (nSPS) is 11.9. The van der Waals surface area contributed by atoms with Gasteiger partial charge in [0.15, 0.2) is 0 Å². The Morgan fingerprint density at radius 3 is 2.63 bits per heavy atom. The zero-order valence-electron chi connectivity index (χ0n) is 11.5. The van der Waals surface area contributed by atoms with Crippen molar-refractivity contribution in [1.29, 1.82) is 0 Å². The highest BCUT2D eigenvalue weighted by Gasteiger charge is 2.11. The summed E-state index contributed by atoms with van der Waals surface area (Å²) in [5.74, 6) is -0.109. The number of fused-ring (bicyclic) bond motifs is 1. The van der Waals surface area contributed by atoms with Gasteiger partial charge < -0.3 is 5.32 Å². The van der Waals surface area contributed by atoms with E-state index in [1.807, 2.05) is 57.2 Å². The third-order valence-corrected chi connectivity index (χ3v) is 2.52. The van der Waals surface area contributed by atoms with Crippen LogP contribution in [0.1, 0.15) is 26.5 Å². The molecule has 0 aliphatic carbocycles. The smallest absolute Gasteiger partial charge is 0.244 e. The van der Waals surface area contributed by atoms with E-state index in [1.165, 1.54) is 6.08 Å². The first-order valence-corrected chi connectivity index (χ1v) is 6.30. The number of aromatic nitrogens is 1. The summed E-state index contributed by atoms with van der Waals surface area (Å²) in [6.45, 7) is 5.85. The first kappa shape index (κ1) is 13.3. The first-order chi connectivity index (χ1) is 8.94. The van der Waals surface area contributed by atoms with Crippen molar-refractivity contribution in [2.24, 2.45) is 0 Å². The van der Waals surface area contributed by atoms with Gasteiger partial charge in [-0.05, 0) is 39.0 Å². The monoisotopic (exact) mass is 254 g/mol. The second-order valence-corrected chi connectivity index (χ2v) is 5.50. The maximum atomic E-state index is 11.7. The van der Waals surface area contributed by atoms with Gasteiger partial charge in [0.1, 0.15) is 0 Å².